The van der Waals surface area contributed by atoms with Crippen molar-refractivity contribution in [1.29, 1.82) is 0 Å². The van der Waals surface area contributed by atoms with Gasteiger partial charge >= 0.3 is 0 Å². The predicted octanol–water partition coefficient (Wildman–Crippen LogP) is 4.07. The van der Waals surface area contributed by atoms with Crippen LogP contribution in [0.3, 0.4) is 0 Å². The van der Waals surface area contributed by atoms with Crippen molar-refractivity contribution in [2.45, 2.75) is 13.3 Å². The van der Waals surface area contributed by atoms with Gasteiger partial charge in [0.15, 0.2) is 0 Å². The first-order valence-corrected chi connectivity index (χ1v) is 5.60. The topological polar surface area (TPSA) is 0 Å². The summed E-state index contributed by atoms with van der Waals surface area (Å²) in [6.45, 7) is 5.25. The van der Waals surface area contributed by atoms with Crippen molar-refractivity contribution in [2.24, 2.45) is 0 Å². The molecule has 0 nitrogen and oxygen atoms in total. The molecule has 84 valence electrons. The largest absolute Gasteiger partial charge is 0.103 e. The Morgan fingerprint density at radius 3 is 1.65 bits per heavy atom. The standard InChI is InChI=1S/C13H10.C3H6.Si/c1-3-7-12-10(5-1)9-11-6-2-4-8-13(11)12;1-3-2;/h1-8H,9H2;3H,1H2,2H3;. The SMILES string of the molecule is C=CC.[Si].c1ccc2c(c1)Cc1ccccc1-2. The highest BCUT2D eigenvalue weighted by Crippen LogP contribution is 2.35. The molecule has 3 rings (SSSR count). The summed E-state index contributed by atoms with van der Waals surface area (Å²) in [7, 11) is 0. The monoisotopic (exact) mass is 236 g/mol. The summed E-state index contributed by atoms with van der Waals surface area (Å²) in [4.78, 5) is 0. The van der Waals surface area contributed by atoms with E-state index in [9.17, 15) is 0 Å². The van der Waals surface area contributed by atoms with Crippen molar-refractivity contribution in [3.05, 3.63) is 72.3 Å². The lowest BCUT2D eigenvalue weighted by molar-refractivity contribution is 1.26. The molecular weight excluding hydrogens is 220 g/mol. The molecule has 0 heterocycles. The summed E-state index contributed by atoms with van der Waals surface area (Å²) in [5, 5.41) is 0. The molecule has 0 atom stereocenters. The molecule has 1 aliphatic carbocycles. The lowest BCUT2D eigenvalue weighted by Crippen LogP contribution is -1.77. The van der Waals surface area contributed by atoms with Gasteiger partial charge in [-0.1, -0.05) is 54.6 Å². The van der Waals surface area contributed by atoms with E-state index in [1.54, 1.807) is 6.08 Å². The molecule has 0 saturated heterocycles. The van der Waals surface area contributed by atoms with Crippen LogP contribution >= 0.6 is 0 Å². The maximum absolute atomic E-state index is 3.36. The fourth-order valence-corrected chi connectivity index (χ4v) is 2.08. The minimum absolute atomic E-state index is 0. The molecule has 0 saturated carbocycles. The lowest BCUT2D eigenvalue weighted by Gasteiger charge is -1.98. The summed E-state index contributed by atoms with van der Waals surface area (Å²) in [6, 6.07) is 17.3. The first-order valence-electron chi connectivity index (χ1n) is 5.60. The number of allylic oxidation sites excluding steroid dienone is 1. The van der Waals surface area contributed by atoms with Gasteiger partial charge in [-0.05, 0) is 35.6 Å². The highest BCUT2D eigenvalue weighted by Gasteiger charge is 2.15. The molecule has 17 heavy (non-hydrogen) atoms. The van der Waals surface area contributed by atoms with Crippen LogP contribution in [0.1, 0.15) is 18.1 Å². The van der Waals surface area contributed by atoms with E-state index in [4.69, 9.17) is 0 Å². The Kier molecular flexibility index (Phi) is 4.92. The van der Waals surface area contributed by atoms with Gasteiger partial charge in [-0.2, -0.15) is 0 Å². The van der Waals surface area contributed by atoms with Gasteiger partial charge in [0, 0.05) is 11.0 Å². The van der Waals surface area contributed by atoms with Gasteiger partial charge in [-0.15, -0.1) is 6.58 Å². The van der Waals surface area contributed by atoms with E-state index in [2.05, 4.69) is 55.1 Å². The third kappa shape index (κ3) is 2.74. The van der Waals surface area contributed by atoms with Crippen molar-refractivity contribution in [3.63, 3.8) is 0 Å². The van der Waals surface area contributed by atoms with Gasteiger partial charge in [0.1, 0.15) is 0 Å². The number of benzene rings is 2. The Labute approximate surface area is 108 Å². The van der Waals surface area contributed by atoms with Gasteiger partial charge in [0.25, 0.3) is 0 Å². The molecule has 0 spiro atoms. The van der Waals surface area contributed by atoms with Gasteiger partial charge in [0.2, 0.25) is 0 Å². The van der Waals surface area contributed by atoms with Crippen LogP contribution in [-0.4, -0.2) is 11.0 Å². The van der Waals surface area contributed by atoms with E-state index in [0.717, 1.165) is 6.42 Å². The van der Waals surface area contributed by atoms with Crippen molar-refractivity contribution < 1.29 is 0 Å². The van der Waals surface area contributed by atoms with Crippen LogP contribution < -0.4 is 0 Å². The molecule has 2 aromatic rings. The maximum Gasteiger partial charge on any atom is 0 e. The summed E-state index contributed by atoms with van der Waals surface area (Å²) < 4.78 is 0. The minimum atomic E-state index is 0. The molecule has 0 N–H and O–H groups in total. The molecule has 1 aliphatic rings. The average Bonchev–Trinajstić information content (AvgIpc) is 2.68. The predicted molar refractivity (Wildman–Crippen MR) is 76.3 cm³/mol. The van der Waals surface area contributed by atoms with E-state index in [1.807, 2.05) is 6.92 Å². The molecule has 0 bridgehead atoms. The van der Waals surface area contributed by atoms with Crippen LogP contribution in [-0.2, 0) is 6.42 Å². The van der Waals surface area contributed by atoms with Crippen molar-refractivity contribution in [2.75, 3.05) is 0 Å². The molecule has 1 heteroatoms. The van der Waals surface area contributed by atoms with Crippen LogP contribution in [0.5, 0.6) is 0 Å². The molecule has 0 amide bonds. The van der Waals surface area contributed by atoms with Crippen LogP contribution in [0, 0.1) is 0 Å². The van der Waals surface area contributed by atoms with Crippen molar-refractivity contribution in [1.82, 2.24) is 0 Å². The number of rotatable bonds is 0. The Hall–Kier alpha value is -1.60. The summed E-state index contributed by atoms with van der Waals surface area (Å²) >= 11 is 0. The zero-order valence-electron chi connectivity index (χ0n) is 10.1. The van der Waals surface area contributed by atoms with Gasteiger partial charge in [-0.3, -0.25) is 0 Å². The normalized spacial score (nSPS) is 10.2. The molecule has 4 radical (unpaired) electrons. The third-order valence-corrected chi connectivity index (χ3v) is 2.71. The first kappa shape index (κ1) is 13.5. The number of fused-ring (bicyclic) bond motifs is 3. The van der Waals surface area contributed by atoms with Crippen LogP contribution in [0.15, 0.2) is 61.2 Å². The zero-order chi connectivity index (χ0) is 11.4. The second-order valence-electron chi connectivity index (χ2n) is 3.90. The van der Waals surface area contributed by atoms with E-state index < -0.39 is 0 Å². The Morgan fingerprint density at radius 1 is 0.882 bits per heavy atom. The minimum Gasteiger partial charge on any atom is -0.103 e. The van der Waals surface area contributed by atoms with Gasteiger partial charge in [0.05, 0.1) is 0 Å². The highest BCUT2D eigenvalue weighted by molar-refractivity contribution is 5.76. The molecule has 0 aliphatic heterocycles. The van der Waals surface area contributed by atoms with Gasteiger partial charge in [-0.25, -0.2) is 0 Å². The summed E-state index contributed by atoms with van der Waals surface area (Å²) in [6.07, 6.45) is 2.85. The van der Waals surface area contributed by atoms with Crippen LogP contribution in [0.2, 0.25) is 0 Å². The fraction of sp³-hybridized carbons (Fsp3) is 0.125. The first-order chi connectivity index (χ1) is 7.86. The third-order valence-electron chi connectivity index (χ3n) is 2.71. The summed E-state index contributed by atoms with van der Waals surface area (Å²) in [5.41, 5.74) is 5.75. The van der Waals surface area contributed by atoms with E-state index in [1.165, 1.54) is 22.3 Å². The second kappa shape index (κ2) is 6.21. The van der Waals surface area contributed by atoms with E-state index in [0.29, 0.717) is 0 Å². The Balaban J connectivity index is 0.000000331. The molecule has 2 aromatic carbocycles. The quantitative estimate of drug-likeness (QED) is 0.408. The van der Waals surface area contributed by atoms with Crippen LogP contribution in [0.4, 0.5) is 0 Å². The average molecular weight is 236 g/mol. The molecular formula is C16H16Si. The van der Waals surface area contributed by atoms with Crippen LogP contribution in [0.25, 0.3) is 11.1 Å². The number of hydrogen-bond acceptors (Lipinski definition) is 0. The maximum atomic E-state index is 3.36. The van der Waals surface area contributed by atoms with E-state index >= 15 is 0 Å². The Bertz CT molecular complexity index is 457. The van der Waals surface area contributed by atoms with Crippen molar-refractivity contribution >= 4 is 11.0 Å². The zero-order valence-corrected chi connectivity index (χ0v) is 11.1. The molecule has 0 fully saturated rings. The van der Waals surface area contributed by atoms with Gasteiger partial charge < -0.3 is 0 Å². The number of hydrogen-bond donors (Lipinski definition) is 0. The molecule has 0 unspecified atom stereocenters. The van der Waals surface area contributed by atoms with Crippen molar-refractivity contribution in [3.8, 4) is 11.1 Å². The fourth-order valence-electron chi connectivity index (χ4n) is 2.08. The smallest absolute Gasteiger partial charge is 0 e. The van der Waals surface area contributed by atoms with E-state index in [-0.39, 0.29) is 11.0 Å². The highest BCUT2D eigenvalue weighted by atomic mass is 28.1. The Morgan fingerprint density at radius 2 is 1.24 bits per heavy atom. The lowest BCUT2D eigenvalue weighted by atomic mass is 10.1. The summed E-state index contributed by atoms with van der Waals surface area (Å²) in [5.74, 6) is 0. The molecule has 0 aromatic heterocycles. The second-order valence-corrected chi connectivity index (χ2v) is 3.90.